The van der Waals surface area contributed by atoms with Crippen LogP contribution < -0.4 is 11.2 Å². The Bertz CT molecular complexity index is 1400. The lowest BCUT2D eigenvalue weighted by Gasteiger charge is -2.14. The molecule has 4 rings (SSSR count). The molecule has 0 saturated heterocycles. The Balaban J connectivity index is 1.74. The first-order valence-corrected chi connectivity index (χ1v) is 10.5. The van der Waals surface area contributed by atoms with Crippen molar-refractivity contribution in [3.63, 3.8) is 0 Å². The molecule has 0 atom stereocenters. The summed E-state index contributed by atoms with van der Waals surface area (Å²) in [7, 11) is 0. The average molecular weight is 428 g/mol. The third kappa shape index (κ3) is 4.31. The van der Waals surface area contributed by atoms with Crippen LogP contribution in [0.4, 0.5) is 0 Å². The zero-order chi connectivity index (χ0) is 22.7. The molecule has 6 nitrogen and oxygen atoms in total. The van der Waals surface area contributed by atoms with Crippen LogP contribution in [-0.2, 0) is 19.5 Å². The van der Waals surface area contributed by atoms with Crippen molar-refractivity contribution >= 4 is 16.7 Å². The highest BCUT2D eigenvalue weighted by Gasteiger charge is 2.14. The summed E-state index contributed by atoms with van der Waals surface area (Å²) in [6.07, 6.45) is 0.577. The van der Waals surface area contributed by atoms with Crippen LogP contribution in [0.3, 0.4) is 0 Å². The van der Waals surface area contributed by atoms with Gasteiger partial charge in [-0.25, -0.2) is 4.79 Å². The summed E-state index contributed by atoms with van der Waals surface area (Å²) in [6, 6.07) is 21.9. The van der Waals surface area contributed by atoms with E-state index in [0.29, 0.717) is 22.9 Å². The van der Waals surface area contributed by atoms with Crippen LogP contribution in [0.5, 0.6) is 0 Å². The van der Waals surface area contributed by atoms with E-state index in [-0.39, 0.29) is 30.1 Å². The SMILES string of the molecule is Cc1cccc(CCn2c(=O)c3ccccc3n(Cc3ccc(C(=O)CO)cc3)c2=O)c1. The van der Waals surface area contributed by atoms with E-state index in [1.807, 2.05) is 25.1 Å². The van der Waals surface area contributed by atoms with E-state index in [1.54, 1.807) is 53.1 Å². The third-order valence-electron chi connectivity index (χ3n) is 5.60. The molecule has 0 fully saturated rings. The minimum atomic E-state index is -0.546. The summed E-state index contributed by atoms with van der Waals surface area (Å²) in [6.45, 7) is 2.01. The monoisotopic (exact) mass is 428 g/mol. The van der Waals surface area contributed by atoms with E-state index >= 15 is 0 Å². The number of aryl methyl sites for hydroxylation is 2. The van der Waals surface area contributed by atoms with Gasteiger partial charge in [0.2, 0.25) is 0 Å². The summed E-state index contributed by atoms with van der Waals surface area (Å²) in [5, 5.41) is 9.51. The maximum absolute atomic E-state index is 13.4. The highest BCUT2D eigenvalue weighted by molar-refractivity contribution is 5.96. The molecule has 1 N–H and O–H groups in total. The van der Waals surface area contributed by atoms with E-state index in [4.69, 9.17) is 5.11 Å². The van der Waals surface area contributed by atoms with E-state index in [9.17, 15) is 14.4 Å². The highest BCUT2D eigenvalue weighted by atomic mass is 16.3. The standard InChI is InChI=1S/C26H24N2O4/c1-18-5-4-6-19(15-18)13-14-27-25(31)22-7-2-3-8-23(22)28(26(27)32)16-20-9-11-21(12-10-20)24(30)17-29/h2-12,15,29H,13-14,16-17H2,1H3. The van der Waals surface area contributed by atoms with Crippen LogP contribution in [0.15, 0.2) is 82.4 Å². The lowest BCUT2D eigenvalue weighted by atomic mass is 10.1. The first kappa shape index (κ1) is 21.5. The molecule has 162 valence electrons. The van der Waals surface area contributed by atoms with Crippen molar-refractivity contribution in [2.24, 2.45) is 0 Å². The molecule has 1 aromatic heterocycles. The Kier molecular flexibility index (Phi) is 6.14. The van der Waals surface area contributed by atoms with Crippen molar-refractivity contribution in [1.82, 2.24) is 9.13 Å². The van der Waals surface area contributed by atoms with Gasteiger partial charge in [-0.15, -0.1) is 0 Å². The molecule has 1 heterocycles. The summed E-state index contributed by atoms with van der Waals surface area (Å²) in [4.78, 5) is 38.1. The van der Waals surface area contributed by atoms with Crippen molar-refractivity contribution in [2.75, 3.05) is 6.61 Å². The smallest absolute Gasteiger partial charge is 0.331 e. The fourth-order valence-corrected chi connectivity index (χ4v) is 3.90. The number of hydrogen-bond donors (Lipinski definition) is 1. The fourth-order valence-electron chi connectivity index (χ4n) is 3.90. The quantitative estimate of drug-likeness (QED) is 0.459. The van der Waals surface area contributed by atoms with Crippen molar-refractivity contribution in [2.45, 2.75) is 26.4 Å². The third-order valence-corrected chi connectivity index (χ3v) is 5.60. The summed E-state index contributed by atoms with van der Waals surface area (Å²) >= 11 is 0. The minimum absolute atomic E-state index is 0.262. The van der Waals surface area contributed by atoms with Crippen molar-refractivity contribution in [1.29, 1.82) is 0 Å². The molecule has 6 heteroatoms. The zero-order valence-corrected chi connectivity index (χ0v) is 17.8. The van der Waals surface area contributed by atoms with Crippen LogP contribution >= 0.6 is 0 Å². The molecule has 0 aliphatic heterocycles. The molecule has 3 aromatic carbocycles. The maximum atomic E-state index is 13.4. The number of fused-ring (bicyclic) bond motifs is 1. The second-order valence-electron chi connectivity index (χ2n) is 7.86. The minimum Gasteiger partial charge on any atom is -0.388 e. The molecular formula is C26H24N2O4. The van der Waals surface area contributed by atoms with Gasteiger partial charge in [0.05, 0.1) is 17.4 Å². The maximum Gasteiger partial charge on any atom is 0.331 e. The molecule has 0 amide bonds. The fraction of sp³-hybridized carbons (Fsp3) is 0.192. The van der Waals surface area contributed by atoms with Gasteiger partial charge in [0.1, 0.15) is 6.61 Å². The second-order valence-corrected chi connectivity index (χ2v) is 7.86. The summed E-state index contributed by atoms with van der Waals surface area (Å²) in [5.41, 5.74) is 3.35. The second kappa shape index (κ2) is 9.16. The Labute approximate surface area is 185 Å². The Morgan fingerprint density at radius 3 is 2.34 bits per heavy atom. The Hall–Kier alpha value is -3.77. The molecule has 0 aliphatic carbocycles. The zero-order valence-electron chi connectivity index (χ0n) is 17.8. The number of aliphatic hydroxyl groups excluding tert-OH is 1. The Morgan fingerprint density at radius 2 is 1.62 bits per heavy atom. The van der Waals surface area contributed by atoms with E-state index in [1.165, 1.54) is 4.57 Å². The van der Waals surface area contributed by atoms with Crippen LogP contribution in [0.2, 0.25) is 0 Å². The van der Waals surface area contributed by atoms with E-state index < -0.39 is 6.61 Å². The number of hydrogen-bond acceptors (Lipinski definition) is 4. The average Bonchev–Trinajstić information content (AvgIpc) is 2.81. The molecule has 0 bridgehead atoms. The van der Waals surface area contributed by atoms with Gasteiger partial charge in [-0.05, 0) is 36.6 Å². The summed E-state index contributed by atoms with van der Waals surface area (Å²) < 4.78 is 2.89. The highest BCUT2D eigenvalue weighted by Crippen LogP contribution is 2.12. The van der Waals surface area contributed by atoms with E-state index in [2.05, 4.69) is 6.07 Å². The van der Waals surface area contributed by atoms with Gasteiger partial charge >= 0.3 is 5.69 Å². The van der Waals surface area contributed by atoms with Gasteiger partial charge in [0.15, 0.2) is 5.78 Å². The molecule has 0 unspecified atom stereocenters. The first-order chi connectivity index (χ1) is 15.5. The van der Waals surface area contributed by atoms with Crippen molar-refractivity contribution < 1.29 is 9.90 Å². The number of benzene rings is 3. The normalized spacial score (nSPS) is 11.1. The molecule has 0 saturated carbocycles. The van der Waals surface area contributed by atoms with Gasteiger partial charge in [-0.1, -0.05) is 66.2 Å². The number of para-hydroxylation sites is 1. The largest absolute Gasteiger partial charge is 0.388 e. The Morgan fingerprint density at radius 1 is 0.875 bits per heavy atom. The molecule has 0 aliphatic rings. The molecular weight excluding hydrogens is 404 g/mol. The van der Waals surface area contributed by atoms with Gasteiger partial charge in [0.25, 0.3) is 5.56 Å². The van der Waals surface area contributed by atoms with Gasteiger partial charge in [-0.3, -0.25) is 18.7 Å². The number of aromatic nitrogens is 2. The molecule has 32 heavy (non-hydrogen) atoms. The number of nitrogens with zero attached hydrogens (tertiary/aromatic N) is 2. The topological polar surface area (TPSA) is 81.3 Å². The van der Waals surface area contributed by atoms with Crippen LogP contribution in [0.25, 0.3) is 10.9 Å². The molecule has 0 spiro atoms. The van der Waals surface area contributed by atoms with Crippen LogP contribution in [0, 0.1) is 6.92 Å². The number of carbonyl (C=O) groups is 1. The first-order valence-electron chi connectivity index (χ1n) is 10.5. The lowest BCUT2D eigenvalue weighted by molar-refractivity contribution is 0.0903. The van der Waals surface area contributed by atoms with Gasteiger partial charge in [-0.2, -0.15) is 0 Å². The van der Waals surface area contributed by atoms with Gasteiger partial charge in [0, 0.05) is 12.1 Å². The molecule has 0 radical (unpaired) electrons. The summed E-state index contributed by atoms with van der Waals surface area (Å²) in [5.74, 6) is -0.358. The predicted molar refractivity (Wildman–Crippen MR) is 124 cm³/mol. The number of carbonyl (C=O) groups excluding carboxylic acids is 1. The van der Waals surface area contributed by atoms with Crippen LogP contribution in [-0.4, -0.2) is 26.6 Å². The van der Waals surface area contributed by atoms with Crippen LogP contribution in [0.1, 0.15) is 27.0 Å². The van der Waals surface area contributed by atoms with Gasteiger partial charge < -0.3 is 5.11 Å². The number of ketones is 1. The number of aliphatic hydroxyl groups is 1. The van der Waals surface area contributed by atoms with Crippen molar-refractivity contribution in [3.05, 3.63) is 116 Å². The number of Topliss-reactive ketones (excluding diaryl/α,β-unsaturated/α-hetero) is 1. The van der Waals surface area contributed by atoms with E-state index in [0.717, 1.165) is 16.7 Å². The predicted octanol–water partition coefficient (Wildman–Crippen LogP) is 2.94. The number of rotatable bonds is 7. The molecule has 4 aromatic rings. The lowest BCUT2D eigenvalue weighted by Crippen LogP contribution is -2.40. The van der Waals surface area contributed by atoms with Crippen molar-refractivity contribution in [3.8, 4) is 0 Å².